The van der Waals surface area contributed by atoms with Gasteiger partial charge in [-0.05, 0) is 56.3 Å². The van der Waals surface area contributed by atoms with E-state index in [0.717, 1.165) is 0 Å². The molecule has 0 heterocycles. The van der Waals surface area contributed by atoms with Crippen molar-refractivity contribution < 1.29 is 51.0 Å². The number of rotatable bonds is 17. The molecule has 12 heteroatoms. The van der Waals surface area contributed by atoms with Gasteiger partial charge < -0.3 is 28.4 Å². The first-order valence-corrected chi connectivity index (χ1v) is 17.6. The molecule has 2 atom stereocenters. The van der Waals surface area contributed by atoms with Crippen LogP contribution in [0.15, 0.2) is 132 Å². The van der Waals surface area contributed by atoms with E-state index in [9.17, 15) is 22.6 Å². The summed E-state index contributed by atoms with van der Waals surface area (Å²) in [7, 11) is -4.63. The van der Waals surface area contributed by atoms with Crippen LogP contribution in [0.25, 0.3) is 21.5 Å². The Morgan fingerprint density at radius 3 is 1.38 bits per heavy atom. The Labute approximate surface area is 301 Å². The fraction of sp³-hybridized carbons (Fsp3) is 0.200. The predicted octanol–water partition coefficient (Wildman–Crippen LogP) is 7.13. The van der Waals surface area contributed by atoms with Crippen LogP contribution in [0.3, 0.4) is 0 Å². The maximum absolute atomic E-state index is 12.6. The van der Waals surface area contributed by atoms with E-state index in [4.69, 9.17) is 28.4 Å². The minimum absolute atomic E-state index is 0.0393. The van der Waals surface area contributed by atoms with Gasteiger partial charge in [0.2, 0.25) is 0 Å². The van der Waals surface area contributed by atoms with Gasteiger partial charge >= 0.3 is 11.9 Å². The van der Waals surface area contributed by atoms with Gasteiger partial charge in [-0.1, -0.05) is 73.8 Å². The zero-order chi connectivity index (χ0) is 37.3. The Hall–Kier alpha value is -5.85. The Balaban J connectivity index is 1.52. The van der Waals surface area contributed by atoms with Crippen molar-refractivity contribution >= 4 is 43.6 Å². The van der Waals surface area contributed by atoms with E-state index in [1.54, 1.807) is 60.7 Å². The van der Waals surface area contributed by atoms with Crippen LogP contribution >= 0.6 is 0 Å². The highest BCUT2D eigenvalue weighted by molar-refractivity contribution is 7.85. The first-order chi connectivity index (χ1) is 24.9. The van der Waals surface area contributed by atoms with Gasteiger partial charge in [0.15, 0.2) is 12.2 Å². The molecule has 0 fully saturated rings. The summed E-state index contributed by atoms with van der Waals surface area (Å²) in [5.41, 5.74) is 0.377. The summed E-state index contributed by atoms with van der Waals surface area (Å²) >= 11 is 0. The Morgan fingerprint density at radius 1 is 0.577 bits per heavy atom. The standard InChI is InChI=1S/C40H38O11S/c1-26(2)39(41)50-30(22-46-28-13-7-5-8-14-28)24-48-37-33-17-11-12-18-34(33)38(36-21-32(52(43,44)45)19-20-35(36)37)49-25-31(51-40(42)27(3)4)23-47-29-15-9-6-10-16-29/h5-21,30-31H,1,3,22-25H2,2,4H3,(H,43,44,45). The first kappa shape index (κ1) is 37.4. The lowest BCUT2D eigenvalue weighted by Gasteiger charge is -2.23. The smallest absolute Gasteiger partial charge is 0.333 e. The summed E-state index contributed by atoms with van der Waals surface area (Å²) in [5.74, 6) is 0.409. The molecule has 5 aromatic carbocycles. The molecule has 0 saturated heterocycles. The molecule has 0 aromatic heterocycles. The van der Waals surface area contributed by atoms with E-state index >= 15 is 0 Å². The zero-order valence-electron chi connectivity index (χ0n) is 28.7. The number of hydrogen-bond donors (Lipinski definition) is 1. The average Bonchev–Trinajstić information content (AvgIpc) is 3.13. The number of benzene rings is 5. The molecule has 5 aromatic rings. The van der Waals surface area contributed by atoms with E-state index < -0.39 is 34.3 Å². The summed E-state index contributed by atoms with van der Waals surface area (Å²) < 4.78 is 70.4. The largest absolute Gasteiger partial charge is 0.490 e. The van der Waals surface area contributed by atoms with Crippen LogP contribution in [-0.4, -0.2) is 63.5 Å². The molecule has 0 bridgehead atoms. The van der Waals surface area contributed by atoms with E-state index in [1.807, 2.05) is 24.3 Å². The highest BCUT2D eigenvalue weighted by Crippen LogP contribution is 2.44. The summed E-state index contributed by atoms with van der Waals surface area (Å²) in [5, 5.41) is 1.79. The van der Waals surface area contributed by atoms with E-state index in [0.29, 0.717) is 33.4 Å². The number of para-hydroxylation sites is 2. The molecule has 5 rings (SSSR count). The van der Waals surface area contributed by atoms with Crippen LogP contribution in [0.5, 0.6) is 23.0 Å². The molecule has 1 N–H and O–H groups in total. The van der Waals surface area contributed by atoms with Gasteiger partial charge in [-0.25, -0.2) is 9.59 Å². The molecule has 270 valence electrons. The molecule has 2 unspecified atom stereocenters. The number of carbonyl (C=O) groups excluding carboxylic acids is 2. The average molecular weight is 727 g/mol. The molecule has 0 aliphatic rings. The van der Waals surface area contributed by atoms with Crippen molar-refractivity contribution in [2.24, 2.45) is 0 Å². The molecule has 0 aliphatic carbocycles. The molecule has 11 nitrogen and oxygen atoms in total. The monoisotopic (exact) mass is 726 g/mol. The molecular weight excluding hydrogens is 688 g/mol. The highest BCUT2D eigenvalue weighted by Gasteiger charge is 2.24. The van der Waals surface area contributed by atoms with Crippen molar-refractivity contribution in [2.45, 2.75) is 31.0 Å². The van der Waals surface area contributed by atoms with Crippen LogP contribution in [0.1, 0.15) is 13.8 Å². The summed E-state index contributed by atoms with van der Waals surface area (Å²) in [4.78, 5) is 24.7. The van der Waals surface area contributed by atoms with Crippen molar-refractivity contribution in [2.75, 3.05) is 26.4 Å². The Bertz CT molecular complexity index is 2180. The maximum Gasteiger partial charge on any atom is 0.333 e. The fourth-order valence-corrected chi connectivity index (χ4v) is 5.56. The van der Waals surface area contributed by atoms with Gasteiger partial charge in [0.25, 0.3) is 10.1 Å². The normalized spacial score (nSPS) is 12.4. The minimum Gasteiger partial charge on any atom is -0.490 e. The lowest BCUT2D eigenvalue weighted by Crippen LogP contribution is -2.31. The summed E-state index contributed by atoms with van der Waals surface area (Å²) in [6.07, 6.45) is -1.79. The van der Waals surface area contributed by atoms with Crippen LogP contribution in [0.2, 0.25) is 0 Å². The Morgan fingerprint density at radius 2 is 0.962 bits per heavy atom. The lowest BCUT2D eigenvalue weighted by atomic mass is 10.0. The molecule has 0 amide bonds. The topological polar surface area (TPSA) is 144 Å². The third-order valence-electron chi connectivity index (χ3n) is 7.62. The van der Waals surface area contributed by atoms with Gasteiger partial charge in [0.05, 0.1) is 4.90 Å². The second-order valence-electron chi connectivity index (χ2n) is 11.9. The molecule has 0 aliphatic heterocycles. The molecular formula is C40H38O11S. The quantitative estimate of drug-likeness (QED) is 0.0452. The van der Waals surface area contributed by atoms with Crippen molar-refractivity contribution in [3.05, 3.63) is 127 Å². The number of hydrogen-bond acceptors (Lipinski definition) is 10. The molecule has 0 saturated carbocycles. The third kappa shape index (κ3) is 9.68. The summed E-state index contributed by atoms with van der Waals surface area (Å²) in [6.45, 7) is 9.92. The van der Waals surface area contributed by atoms with E-state index in [2.05, 4.69) is 13.2 Å². The van der Waals surface area contributed by atoms with Crippen molar-refractivity contribution in [1.82, 2.24) is 0 Å². The maximum atomic E-state index is 12.6. The number of ether oxygens (including phenoxy) is 6. The first-order valence-electron chi connectivity index (χ1n) is 16.2. The van der Waals surface area contributed by atoms with E-state index in [-0.39, 0.29) is 53.6 Å². The molecule has 0 spiro atoms. The van der Waals surface area contributed by atoms with Gasteiger partial charge in [-0.3, -0.25) is 4.55 Å². The van der Waals surface area contributed by atoms with Crippen LogP contribution in [0.4, 0.5) is 0 Å². The predicted molar refractivity (Wildman–Crippen MR) is 196 cm³/mol. The van der Waals surface area contributed by atoms with Crippen LogP contribution in [0, 0.1) is 0 Å². The SMILES string of the molecule is C=C(C)C(=O)OC(COc1ccccc1)COc1c2ccccc2c(OCC(COc2ccccc2)OC(=O)C(=C)C)c2cc(S(=O)(=O)O)ccc12. The van der Waals surface area contributed by atoms with Crippen molar-refractivity contribution in [1.29, 1.82) is 0 Å². The number of esters is 2. The lowest BCUT2D eigenvalue weighted by molar-refractivity contribution is -0.148. The highest BCUT2D eigenvalue weighted by atomic mass is 32.2. The molecule has 0 radical (unpaired) electrons. The van der Waals surface area contributed by atoms with Crippen molar-refractivity contribution in [3.63, 3.8) is 0 Å². The zero-order valence-corrected chi connectivity index (χ0v) is 29.5. The number of fused-ring (bicyclic) bond motifs is 2. The van der Waals surface area contributed by atoms with Gasteiger partial charge in [-0.2, -0.15) is 8.42 Å². The second-order valence-corrected chi connectivity index (χ2v) is 13.3. The third-order valence-corrected chi connectivity index (χ3v) is 8.47. The number of carbonyl (C=O) groups is 2. The minimum atomic E-state index is -4.63. The van der Waals surface area contributed by atoms with E-state index in [1.165, 1.54) is 32.0 Å². The summed E-state index contributed by atoms with van der Waals surface area (Å²) in [6, 6.07) is 29.1. The van der Waals surface area contributed by atoms with Gasteiger partial charge in [0.1, 0.15) is 49.4 Å². The van der Waals surface area contributed by atoms with Crippen LogP contribution < -0.4 is 18.9 Å². The van der Waals surface area contributed by atoms with Crippen molar-refractivity contribution in [3.8, 4) is 23.0 Å². The van der Waals surface area contributed by atoms with Crippen LogP contribution in [-0.2, 0) is 29.2 Å². The molecule has 52 heavy (non-hydrogen) atoms. The van der Waals surface area contributed by atoms with Gasteiger partial charge in [-0.15, -0.1) is 0 Å². The second kappa shape index (κ2) is 16.9. The van der Waals surface area contributed by atoms with Gasteiger partial charge in [0, 0.05) is 32.7 Å². The Kier molecular flexibility index (Phi) is 12.2. The fourth-order valence-electron chi connectivity index (χ4n) is 5.05.